The van der Waals surface area contributed by atoms with Crippen LogP contribution >= 0.6 is 11.8 Å². The molecule has 0 spiro atoms. The minimum absolute atomic E-state index is 0.239. The highest BCUT2D eigenvalue weighted by molar-refractivity contribution is 7.99. The van der Waals surface area contributed by atoms with Gasteiger partial charge in [-0.2, -0.15) is 4.98 Å². The van der Waals surface area contributed by atoms with Gasteiger partial charge < -0.3 is 4.74 Å². The highest BCUT2D eigenvalue weighted by Crippen LogP contribution is 2.15. The van der Waals surface area contributed by atoms with Crippen molar-refractivity contribution < 1.29 is 9.53 Å². The van der Waals surface area contributed by atoms with E-state index in [9.17, 15) is 4.79 Å². The molecule has 0 fully saturated rings. The molecule has 0 saturated carbocycles. The smallest absolute Gasteiger partial charge is 0.258 e. The van der Waals surface area contributed by atoms with Gasteiger partial charge in [0.1, 0.15) is 5.75 Å². The number of carbonyl (C=O) groups excluding carboxylic acids is 1. The van der Waals surface area contributed by atoms with Crippen molar-refractivity contribution in [2.24, 2.45) is 0 Å². The van der Waals surface area contributed by atoms with Crippen LogP contribution in [0.5, 0.6) is 5.75 Å². The van der Waals surface area contributed by atoms with Gasteiger partial charge in [-0.05, 0) is 36.9 Å². The topological polar surface area (TPSA) is 79.9 Å². The van der Waals surface area contributed by atoms with Crippen molar-refractivity contribution in [3.8, 4) is 5.75 Å². The largest absolute Gasteiger partial charge is 0.494 e. The summed E-state index contributed by atoms with van der Waals surface area (Å²) in [4.78, 5) is 16.2. The van der Waals surface area contributed by atoms with Crippen molar-refractivity contribution in [3.63, 3.8) is 0 Å². The SMILES string of the molecule is CCOc1ccc(C(=O)Nc2nc(SCC)n[nH]2)cc1. The van der Waals surface area contributed by atoms with E-state index in [2.05, 4.69) is 20.5 Å². The number of anilines is 1. The third-order valence-corrected chi connectivity index (χ3v) is 3.13. The minimum atomic E-state index is -0.239. The predicted molar refractivity (Wildman–Crippen MR) is 78.3 cm³/mol. The molecule has 2 aromatic rings. The van der Waals surface area contributed by atoms with E-state index in [0.29, 0.717) is 23.3 Å². The number of rotatable bonds is 6. The summed E-state index contributed by atoms with van der Waals surface area (Å²) in [6.07, 6.45) is 0. The first-order valence-corrected chi connectivity index (χ1v) is 7.31. The van der Waals surface area contributed by atoms with Crippen LogP contribution in [0.25, 0.3) is 0 Å². The van der Waals surface area contributed by atoms with E-state index in [-0.39, 0.29) is 5.91 Å². The number of H-pyrrole nitrogens is 1. The summed E-state index contributed by atoms with van der Waals surface area (Å²) in [5.41, 5.74) is 0.537. The Hall–Kier alpha value is -2.02. The number of amides is 1. The zero-order chi connectivity index (χ0) is 14.4. The van der Waals surface area contributed by atoms with E-state index in [0.717, 1.165) is 11.5 Å². The number of carbonyl (C=O) groups is 1. The van der Waals surface area contributed by atoms with Crippen LogP contribution in [0.1, 0.15) is 24.2 Å². The maximum atomic E-state index is 12.0. The molecule has 2 N–H and O–H groups in total. The zero-order valence-corrected chi connectivity index (χ0v) is 12.2. The van der Waals surface area contributed by atoms with Crippen molar-refractivity contribution in [2.45, 2.75) is 19.0 Å². The first kappa shape index (κ1) is 14.4. The molecule has 0 saturated heterocycles. The summed E-state index contributed by atoms with van der Waals surface area (Å²) in [6, 6.07) is 6.94. The Morgan fingerprint density at radius 1 is 1.35 bits per heavy atom. The molecule has 0 atom stereocenters. The van der Waals surface area contributed by atoms with Crippen LogP contribution in [0, 0.1) is 0 Å². The molecule has 20 heavy (non-hydrogen) atoms. The number of nitrogens with zero attached hydrogens (tertiary/aromatic N) is 2. The maximum absolute atomic E-state index is 12.0. The quantitative estimate of drug-likeness (QED) is 0.800. The second-order valence-electron chi connectivity index (χ2n) is 3.81. The Labute approximate surface area is 121 Å². The molecule has 1 heterocycles. The summed E-state index contributed by atoms with van der Waals surface area (Å²) in [5.74, 6) is 1.73. The molecular formula is C13H16N4O2S. The number of aromatic nitrogens is 3. The normalized spacial score (nSPS) is 10.3. The fourth-order valence-electron chi connectivity index (χ4n) is 1.54. The van der Waals surface area contributed by atoms with Gasteiger partial charge in [0.05, 0.1) is 6.61 Å². The van der Waals surface area contributed by atoms with Gasteiger partial charge in [0.2, 0.25) is 11.1 Å². The van der Waals surface area contributed by atoms with Crippen LogP contribution in [-0.2, 0) is 0 Å². The number of thioether (sulfide) groups is 1. The Kier molecular flexibility index (Phi) is 5.00. The van der Waals surface area contributed by atoms with Crippen LogP contribution in [0.2, 0.25) is 0 Å². The molecule has 0 radical (unpaired) electrons. The highest BCUT2D eigenvalue weighted by atomic mass is 32.2. The number of nitrogens with one attached hydrogen (secondary N) is 2. The molecule has 6 nitrogen and oxygen atoms in total. The number of hydrogen-bond acceptors (Lipinski definition) is 5. The second kappa shape index (κ2) is 6.95. The third kappa shape index (κ3) is 3.74. The molecule has 7 heteroatoms. The summed E-state index contributed by atoms with van der Waals surface area (Å²) >= 11 is 1.51. The van der Waals surface area contributed by atoms with Crippen molar-refractivity contribution in [2.75, 3.05) is 17.7 Å². The molecule has 0 aliphatic heterocycles. The first-order valence-electron chi connectivity index (χ1n) is 6.32. The van der Waals surface area contributed by atoms with E-state index in [1.54, 1.807) is 24.3 Å². The lowest BCUT2D eigenvalue weighted by atomic mass is 10.2. The fourth-order valence-corrected chi connectivity index (χ4v) is 2.07. The van der Waals surface area contributed by atoms with Gasteiger partial charge in [-0.25, -0.2) is 5.10 Å². The maximum Gasteiger partial charge on any atom is 0.258 e. The average Bonchev–Trinajstić information content (AvgIpc) is 2.88. The van der Waals surface area contributed by atoms with Crippen LogP contribution in [-0.4, -0.2) is 33.4 Å². The van der Waals surface area contributed by atoms with Gasteiger partial charge in [-0.3, -0.25) is 10.1 Å². The fraction of sp³-hybridized carbons (Fsp3) is 0.308. The van der Waals surface area contributed by atoms with Crippen molar-refractivity contribution >= 4 is 23.6 Å². The zero-order valence-electron chi connectivity index (χ0n) is 11.3. The van der Waals surface area contributed by atoms with Gasteiger partial charge >= 0.3 is 0 Å². The molecular weight excluding hydrogens is 276 g/mol. The van der Waals surface area contributed by atoms with Crippen LogP contribution in [0.15, 0.2) is 29.4 Å². The molecule has 0 aliphatic carbocycles. The lowest BCUT2D eigenvalue weighted by Gasteiger charge is -2.04. The van der Waals surface area contributed by atoms with Crippen LogP contribution in [0.3, 0.4) is 0 Å². The third-order valence-electron chi connectivity index (χ3n) is 2.40. The highest BCUT2D eigenvalue weighted by Gasteiger charge is 2.09. The minimum Gasteiger partial charge on any atom is -0.494 e. The van der Waals surface area contributed by atoms with Gasteiger partial charge in [0.15, 0.2) is 0 Å². The van der Waals surface area contributed by atoms with Crippen molar-refractivity contribution in [1.29, 1.82) is 0 Å². The summed E-state index contributed by atoms with van der Waals surface area (Å²) in [5, 5.41) is 9.95. The van der Waals surface area contributed by atoms with Gasteiger partial charge in [-0.1, -0.05) is 18.7 Å². The molecule has 106 valence electrons. The number of hydrogen-bond donors (Lipinski definition) is 2. The first-order chi connectivity index (χ1) is 9.72. The summed E-state index contributed by atoms with van der Waals surface area (Å²) < 4.78 is 5.33. The molecule has 1 aromatic carbocycles. The van der Waals surface area contributed by atoms with Gasteiger partial charge in [-0.15, -0.1) is 5.10 Å². The molecule has 1 aromatic heterocycles. The second-order valence-corrected chi connectivity index (χ2v) is 5.04. The van der Waals surface area contributed by atoms with E-state index >= 15 is 0 Å². The molecule has 0 unspecified atom stereocenters. The number of benzene rings is 1. The summed E-state index contributed by atoms with van der Waals surface area (Å²) in [6.45, 7) is 4.52. The van der Waals surface area contributed by atoms with Crippen LogP contribution < -0.4 is 10.1 Å². The Bertz CT molecular complexity index is 568. The van der Waals surface area contributed by atoms with E-state index in [4.69, 9.17) is 4.74 Å². The Morgan fingerprint density at radius 2 is 2.10 bits per heavy atom. The van der Waals surface area contributed by atoms with Gasteiger partial charge in [0, 0.05) is 5.56 Å². The van der Waals surface area contributed by atoms with E-state index < -0.39 is 0 Å². The van der Waals surface area contributed by atoms with Gasteiger partial charge in [0.25, 0.3) is 5.91 Å². The molecule has 1 amide bonds. The van der Waals surface area contributed by atoms with Crippen LogP contribution in [0.4, 0.5) is 5.95 Å². The molecule has 0 aliphatic rings. The Morgan fingerprint density at radius 3 is 2.75 bits per heavy atom. The van der Waals surface area contributed by atoms with E-state index in [1.165, 1.54) is 11.8 Å². The lowest BCUT2D eigenvalue weighted by Crippen LogP contribution is -2.12. The monoisotopic (exact) mass is 292 g/mol. The average molecular weight is 292 g/mol. The van der Waals surface area contributed by atoms with Crippen molar-refractivity contribution in [1.82, 2.24) is 15.2 Å². The predicted octanol–water partition coefficient (Wildman–Crippen LogP) is 2.57. The molecule has 0 bridgehead atoms. The van der Waals surface area contributed by atoms with E-state index in [1.807, 2.05) is 13.8 Å². The summed E-state index contributed by atoms with van der Waals surface area (Å²) in [7, 11) is 0. The lowest BCUT2D eigenvalue weighted by molar-refractivity contribution is 0.102. The standard InChI is InChI=1S/C13H16N4O2S/c1-3-19-10-7-5-9(6-8-10)11(18)14-12-15-13(17-16-12)20-4-2/h5-8H,3-4H2,1-2H3,(H2,14,15,16,17,18). The number of aromatic amines is 1. The molecule has 2 rings (SSSR count). The Balaban J connectivity index is 1.99. The van der Waals surface area contributed by atoms with Crippen molar-refractivity contribution in [3.05, 3.63) is 29.8 Å². The number of ether oxygens (including phenoxy) is 1.